The van der Waals surface area contributed by atoms with Crippen LogP contribution in [0.25, 0.3) is 0 Å². The van der Waals surface area contributed by atoms with E-state index in [0.717, 1.165) is 45.3 Å². The Morgan fingerprint density at radius 2 is 1.79 bits per heavy atom. The molecule has 0 aromatic heterocycles. The summed E-state index contributed by atoms with van der Waals surface area (Å²) in [5, 5.41) is 10.2. The molecule has 3 N–H and O–H groups in total. The molecule has 0 bridgehead atoms. The molecule has 1 rings (SSSR count). The van der Waals surface area contributed by atoms with Crippen LogP contribution in [0.2, 0.25) is 0 Å². The van der Waals surface area contributed by atoms with E-state index in [0.29, 0.717) is 6.04 Å². The molecule has 0 saturated carbocycles. The van der Waals surface area contributed by atoms with Crippen LogP contribution >= 0.6 is 0 Å². The van der Waals surface area contributed by atoms with Crippen LogP contribution in [0.3, 0.4) is 0 Å². The van der Waals surface area contributed by atoms with Crippen molar-refractivity contribution in [3.05, 3.63) is 0 Å². The summed E-state index contributed by atoms with van der Waals surface area (Å²) in [5.41, 5.74) is 5.35. The van der Waals surface area contributed by atoms with E-state index < -0.39 is 5.60 Å². The third-order valence-electron chi connectivity index (χ3n) is 3.47. The lowest BCUT2D eigenvalue weighted by atomic mass is 9.95. The van der Waals surface area contributed by atoms with Crippen LogP contribution < -0.4 is 5.73 Å². The summed E-state index contributed by atoms with van der Waals surface area (Å²) in [5.74, 6) is 0. The minimum Gasteiger partial charge on any atom is -0.389 e. The maximum Gasteiger partial charge on any atom is 0.0768 e. The van der Waals surface area contributed by atoms with Gasteiger partial charge in [-0.2, -0.15) is 0 Å². The van der Waals surface area contributed by atoms with Crippen LogP contribution in [0.15, 0.2) is 0 Å². The summed E-state index contributed by atoms with van der Waals surface area (Å²) in [4.78, 5) is 2.34. The molecule has 14 heavy (non-hydrogen) atoms. The number of rotatable bonds is 4. The van der Waals surface area contributed by atoms with Crippen LogP contribution in [-0.2, 0) is 0 Å². The van der Waals surface area contributed by atoms with E-state index >= 15 is 0 Å². The minimum absolute atomic E-state index is 0.377. The number of aliphatic hydroxyl groups is 1. The van der Waals surface area contributed by atoms with Crippen molar-refractivity contribution in [1.29, 1.82) is 0 Å². The number of piperidine rings is 1. The first-order valence-corrected chi connectivity index (χ1v) is 5.80. The molecule has 0 aliphatic carbocycles. The van der Waals surface area contributed by atoms with Gasteiger partial charge < -0.3 is 15.7 Å². The molecular formula is C11H24N2O. The lowest BCUT2D eigenvalue weighted by Gasteiger charge is -2.36. The SMILES string of the molecule is CCC(O)(CC)CN1CCC(N)CC1. The summed E-state index contributed by atoms with van der Waals surface area (Å²) >= 11 is 0. The highest BCUT2D eigenvalue weighted by molar-refractivity contribution is 4.83. The van der Waals surface area contributed by atoms with Crippen LogP contribution in [-0.4, -0.2) is 41.3 Å². The van der Waals surface area contributed by atoms with Crippen molar-refractivity contribution < 1.29 is 5.11 Å². The van der Waals surface area contributed by atoms with Gasteiger partial charge in [-0.3, -0.25) is 0 Å². The molecular weight excluding hydrogens is 176 g/mol. The number of β-amino-alcohol motifs (C(OH)–C–C–N with tert-alkyl or cyclic N) is 1. The first kappa shape index (κ1) is 12.0. The summed E-state index contributed by atoms with van der Waals surface area (Å²) in [7, 11) is 0. The van der Waals surface area contributed by atoms with Gasteiger partial charge >= 0.3 is 0 Å². The van der Waals surface area contributed by atoms with Gasteiger partial charge in [0.1, 0.15) is 0 Å². The van der Waals surface area contributed by atoms with Gasteiger partial charge in [-0.25, -0.2) is 0 Å². The minimum atomic E-state index is -0.485. The Balaban J connectivity index is 2.36. The largest absolute Gasteiger partial charge is 0.389 e. The van der Waals surface area contributed by atoms with E-state index in [1.807, 2.05) is 0 Å². The molecule has 0 aromatic rings. The lowest BCUT2D eigenvalue weighted by molar-refractivity contribution is -0.00886. The zero-order valence-corrected chi connectivity index (χ0v) is 9.50. The predicted molar refractivity (Wildman–Crippen MR) is 59.2 cm³/mol. The van der Waals surface area contributed by atoms with E-state index in [9.17, 15) is 5.11 Å². The Morgan fingerprint density at radius 3 is 2.21 bits per heavy atom. The molecule has 1 saturated heterocycles. The van der Waals surface area contributed by atoms with Gasteiger partial charge in [0.05, 0.1) is 5.60 Å². The number of hydrogen-bond acceptors (Lipinski definition) is 3. The molecule has 1 aliphatic heterocycles. The first-order valence-electron chi connectivity index (χ1n) is 5.80. The molecule has 0 atom stereocenters. The standard InChI is InChI=1S/C11H24N2O/c1-3-11(14,4-2)9-13-7-5-10(12)6-8-13/h10,14H,3-9,12H2,1-2H3. The van der Waals surface area contributed by atoms with Crippen molar-refractivity contribution in [2.75, 3.05) is 19.6 Å². The molecule has 1 fully saturated rings. The summed E-state index contributed by atoms with van der Waals surface area (Å²) in [6, 6.07) is 0.377. The summed E-state index contributed by atoms with van der Waals surface area (Å²) in [6.07, 6.45) is 3.82. The zero-order valence-electron chi connectivity index (χ0n) is 9.50. The van der Waals surface area contributed by atoms with Crippen molar-refractivity contribution in [3.63, 3.8) is 0 Å². The molecule has 0 radical (unpaired) electrons. The van der Waals surface area contributed by atoms with E-state index in [-0.39, 0.29) is 0 Å². The second-order valence-corrected chi connectivity index (χ2v) is 4.55. The molecule has 0 unspecified atom stereocenters. The van der Waals surface area contributed by atoms with Gasteiger partial charge in [-0.15, -0.1) is 0 Å². The zero-order chi connectivity index (χ0) is 10.6. The van der Waals surface area contributed by atoms with Crippen molar-refractivity contribution in [2.45, 2.75) is 51.2 Å². The third-order valence-corrected chi connectivity index (χ3v) is 3.47. The van der Waals surface area contributed by atoms with Gasteiger partial charge in [0, 0.05) is 12.6 Å². The van der Waals surface area contributed by atoms with Gasteiger partial charge in [0.2, 0.25) is 0 Å². The summed E-state index contributed by atoms with van der Waals surface area (Å²) < 4.78 is 0. The highest BCUT2D eigenvalue weighted by Gasteiger charge is 2.27. The molecule has 1 aliphatic rings. The monoisotopic (exact) mass is 200 g/mol. The highest BCUT2D eigenvalue weighted by Crippen LogP contribution is 2.18. The second-order valence-electron chi connectivity index (χ2n) is 4.55. The fourth-order valence-corrected chi connectivity index (χ4v) is 2.00. The van der Waals surface area contributed by atoms with Crippen LogP contribution in [0.1, 0.15) is 39.5 Å². The Bertz CT molecular complexity index is 161. The molecule has 84 valence electrons. The van der Waals surface area contributed by atoms with Crippen molar-refractivity contribution >= 4 is 0 Å². The van der Waals surface area contributed by atoms with Gasteiger partial charge in [-0.1, -0.05) is 13.8 Å². The smallest absolute Gasteiger partial charge is 0.0768 e. The Morgan fingerprint density at radius 1 is 1.29 bits per heavy atom. The highest BCUT2D eigenvalue weighted by atomic mass is 16.3. The van der Waals surface area contributed by atoms with E-state index in [1.165, 1.54) is 0 Å². The fourth-order valence-electron chi connectivity index (χ4n) is 2.00. The van der Waals surface area contributed by atoms with Crippen LogP contribution in [0, 0.1) is 0 Å². The van der Waals surface area contributed by atoms with E-state index in [1.54, 1.807) is 0 Å². The molecule has 1 heterocycles. The molecule has 0 amide bonds. The van der Waals surface area contributed by atoms with Crippen molar-refractivity contribution in [1.82, 2.24) is 4.90 Å². The fraction of sp³-hybridized carbons (Fsp3) is 1.00. The quantitative estimate of drug-likeness (QED) is 0.710. The summed E-state index contributed by atoms with van der Waals surface area (Å²) in [6.45, 7) is 7.01. The van der Waals surface area contributed by atoms with E-state index in [2.05, 4.69) is 18.7 Å². The maximum absolute atomic E-state index is 10.2. The molecule has 3 heteroatoms. The van der Waals surface area contributed by atoms with Crippen molar-refractivity contribution in [3.8, 4) is 0 Å². The molecule has 3 nitrogen and oxygen atoms in total. The Kier molecular flexibility index (Phi) is 4.35. The predicted octanol–water partition coefficient (Wildman–Crippen LogP) is 0.961. The topological polar surface area (TPSA) is 49.5 Å². The number of nitrogens with zero attached hydrogens (tertiary/aromatic N) is 1. The normalized spacial score (nSPS) is 21.4. The van der Waals surface area contributed by atoms with Crippen molar-refractivity contribution in [2.24, 2.45) is 5.73 Å². The van der Waals surface area contributed by atoms with Gasteiger partial charge in [0.25, 0.3) is 0 Å². The Hall–Kier alpha value is -0.120. The average molecular weight is 200 g/mol. The molecule has 0 aromatic carbocycles. The molecule has 0 spiro atoms. The number of nitrogens with two attached hydrogens (primary N) is 1. The number of likely N-dealkylation sites (tertiary alicyclic amines) is 1. The van der Waals surface area contributed by atoms with E-state index in [4.69, 9.17) is 5.73 Å². The van der Waals surface area contributed by atoms with Crippen LogP contribution in [0.4, 0.5) is 0 Å². The Labute approximate surface area is 87.3 Å². The average Bonchev–Trinajstić information content (AvgIpc) is 2.21. The number of hydrogen-bond donors (Lipinski definition) is 2. The lowest BCUT2D eigenvalue weighted by Crippen LogP contribution is -2.47. The third kappa shape index (κ3) is 3.23. The first-order chi connectivity index (χ1) is 6.59. The van der Waals surface area contributed by atoms with Crippen LogP contribution in [0.5, 0.6) is 0 Å². The van der Waals surface area contributed by atoms with Gasteiger partial charge in [-0.05, 0) is 38.8 Å². The van der Waals surface area contributed by atoms with Gasteiger partial charge in [0.15, 0.2) is 0 Å². The maximum atomic E-state index is 10.2. The second kappa shape index (κ2) is 5.10.